The molecule has 1 fully saturated rings. The molecule has 1 aliphatic heterocycles. The summed E-state index contributed by atoms with van der Waals surface area (Å²) in [6.45, 7) is 2.79. The second kappa shape index (κ2) is 5.46. The Bertz CT molecular complexity index is 337. The molecule has 0 saturated carbocycles. The number of amides is 1. The highest BCUT2D eigenvalue weighted by Gasteiger charge is 2.23. The van der Waals surface area contributed by atoms with E-state index in [-0.39, 0.29) is 11.9 Å². The predicted octanol–water partition coefficient (Wildman–Crippen LogP) is 1.89. The van der Waals surface area contributed by atoms with Gasteiger partial charge in [0.1, 0.15) is 0 Å². The summed E-state index contributed by atoms with van der Waals surface area (Å²) >= 11 is 1.68. The van der Waals surface area contributed by atoms with Gasteiger partial charge in [0, 0.05) is 10.9 Å². The molecule has 0 bridgehead atoms. The zero-order valence-electron chi connectivity index (χ0n) is 9.53. The zero-order valence-corrected chi connectivity index (χ0v) is 10.3. The number of hydrogen-bond acceptors (Lipinski definition) is 3. The molecule has 1 aliphatic rings. The largest absolute Gasteiger partial charge is 0.350 e. The van der Waals surface area contributed by atoms with Crippen molar-refractivity contribution in [3.05, 3.63) is 22.4 Å². The van der Waals surface area contributed by atoms with E-state index in [0.29, 0.717) is 12.6 Å². The van der Waals surface area contributed by atoms with E-state index in [1.54, 1.807) is 11.3 Å². The third-order valence-electron chi connectivity index (χ3n) is 2.95. The summed E-state index contributed by atoms with van der Waals surface area (Å²) in [5, 5.41) is 8.35. The zero-order chi connectivity index (χ0) is 11.4. The van der Waals surface area contributed by atoms with E-state index in [1.807, 2.05) is 17.5 Å². The number of thiophene rings is 1. The number of hydrogen-bond donors (Lipinski definition) is 2. The summed E-state index contributed by atoms with van der Waals surface area (Å²) in [4.78, 5) is 13.1. The molecule has 4 heteroatoms. The molecular weight excluding hydrogens is 220 g/mol. The van der Waals surface area contributed by atoms with Gasteiger partial charge in [0.25, 0.3) is 0 Å². The third kappa shape index (κ3) is 3.06. The van der Waals surface area contributed by atoms with Gasteiger partial charge in [0.2, 0.25) is 5.91 Å². The quantitative estimate of drug-likeness (QED) is 0.844. The van der Waals surface area contributed by atoms with Crippen molar-refractivity contribution < 1.29 is 4.79 Å². The maximum atomic E-state index is 11.9. The Morgan fingerprint density at radius 1 is 1.62 bits per heavy atom. The molecule has 16 heavy (non-hydrogen) atoms. The van der Waals surface area contributed by atoms with Crippen LogP contribution in [0.15, 0.2) is 17.5 Å². The molecule has 88 valence electrons. The van der Waals surface area contributed by atoms with Gasteiger partial charge in [-0.05, 0) is 37.6 Å². The van der Waals surface area contributed by atoms with E-state index in [2.05, 4.69) is 17.6 Å². The van der Waals surface area contributed by atoms with Crippen LogP contribution in [-0.2, 0) is 11.3 Å². The van der Waals surface area contributed by atoms with Crippen LogP contribution >= 0.6 is 11.3 Å². The first-order valence-corrected chi connectivity index (χ1v) is 6.70. The van der Waals surface area contributed by atoms with Crippen LogP contribution < -0.4 is 10.6 Å². The Balaban J connectivity index is 1.79. The lowest BCUT2D eigenvalue weighted by Gasteiger charge is -2.27. The smallest absolute Gasteiger partial charge is 0.237 e. The van der Waals surface area contributed by atoms with Crippen molar-refractivity contribution in [2.45, 2.75) is 44.8 Å². The first-order chi connectivity index (χ1) is 7.75. The molecule has 0 aromatic carbocycles. The fourth-order valence-corrected chi connectivity index (χ4v) is 2.70. The molecule has 1 amide bonds. The SMILES string of the molecule is CC1CCCC(C(=O)NCc2cccs2)N1. The van der Waals surface area contributed by atoms with E-state index in [4.69, 9.17) is 0 Å². The fraction of sp³-hybridized carbons (Fsp3) is 0.583. The Kier molecular flexibility index (Phi) is 3.96. The van der Waals surface area contributed by atoms with Gasteiger partial charge in [-0.1, -0.05) is 6.07 Å². The molecule has 1 aromatic rings. The molecular formula is C12H18N2OS. The van der Waals surface area contributed by atoms with Gasteiger partial charge in [-0.3, -0.25) is 4.79 Å². The summed E-state index contributed by atoms with van der Waals surface area (Å²) in [5.41, 5.74) is 0. The number of carbonyl (C=O) groups is 1. The number of nitrogens with one attached hydrogen (secondary N) is 2. The van der Waals surface area contributed by atoms with Crippen LogP contribution in [-0.4, -0.2) is 18.0 Å². The van der Waals surface area contributed by atoms with Crippen LogP contribution in [0.25, 0.3) is 0 Å². The molecule has 2 N–H and O–H groups in total. The minimum atomic E-state index is 0.00344. The second-order valence-electron chi connectivity index (χ2n) is 4.35. The highest BCUT2D eigenvalue weighted by molar-refractivity contribution is 7.09. The Hall–Kier alpha value is -0.870. The monoisotopic (exact) mass is 238 g/mol. The Morgan fingerprint density at radius 3 is 3.19 bits per heavy atom. The van der Waals surface area contributed by atoms with Crippen molar-refractivity contribution in [1.29, 1.82) is 0 Å². The van der Waals surface area contributed by atoms with Gasteiger partial charge < -0.3 is 10.6 Å². The summed E-state index contributed by atoms with van der Waals surface area (Å²) in [5.74, 6) is 0.139. The number of carbonyl (C=O) groups excluding carboxylic acids is 1. The molecule has 0 aliphatic carbocycles. The predicted molar refractivity (Wildman–Crippen MR) is 66.4 cm³/mol. The van der Waals surface area contributed by atoms with Crippen LogP contribution in [0.3, 0.4) is 0 Å². The van der Waals surface area contributed by atoms with Crippen molar-refractivity contribution in [2.75, 3.05) is 0 Å². The standard InChI is InChI=1S/C12H18N2OS/c1-9-4-2-6-11(14-9)12(15)13-8-10-5-3-7-16-10/h3,5,7,9,11,14H,2,4,6,8H2,1H3,(H,13,15). The molecule has 2 atom stereocenters. The molecule has 2 unspecified atom stereocenters. The normalized spacial score (nSPS) is 25.3. The maximum absolute atomic E-state index is 11.9. The molecule has 3 nitrogen and oxygen atoms in total. The van der Waals surface area contributed by atoms with Crippen molar-refractivity contribution >= 4 is 17.2 Å². The molecule has 0 spiro atoms. The van der Waals surface area contributed by atoms with Crippen LogP contribution in [0.2, 0.25) is 0 Å². The van der Waals surface area contributed by atoms with Crippen LogP contribution in [0.4, 0.5) is 0 Å². The lowest BCUT2D eigenvalue weighted by Crippen LogP contribution is -2.49. The van der Waals surface area contributed by atoms with Crippen LogP contribution in [0.5, 0.6) is 0 Å². The van der Waals surface area contributed by atoms with Crippen LogP contribution in [0, 0.1) is 0 Å². The van der Waals surface area contributed by atoms with Crippen molar-refractivity contribution in [3.63, 3.8) is 0 Å². The highest BCUT2D eigenvalue weighted by atomic mass is 32.1. The average molecular weight is 238 g/mol. The Morgan fingerprint density at radius 2 is 2.50 bits per heavy atom. The summed E-state index contributed by atoms with van der Waals surface area (Å²) in [6.07, 6.45) is 3.28. The van der Waals surface area contributed by atoms with Crippen molar-refractivity contribution in [3.8, 4) is 0 Å². The number of rotatable bonds is 3. The summed E-state index contributed by atoms with van der Waals surface area (Å²) in [6, 6.07) is 4.52. The minimum absolute atomic E-state index is 0.00344. The molecule has 2 heterocycles. The number of piperidine rings is 1. The first-order valence-electron chi connectivity index (χ1n) is 5.82. The maximum Gasteiger partial charge on any atom is 0.237 e. The summed E-state index contributed by atoms with van der Waals surface area (Å²) in [7, 11) is 0. The van der Waals surface area contributed by atoms with Gasteiger partial charge in [0.15, 0.2) is 0 Å². The second-order valence-corrected chi connectivity index (χ2v) is 5.38. The lowest BCUT2D eigenvalue weighted by atomic mass is 9.99. The van der Waals surface area contributed by atoms with E-state index >= 15 is 0 Å². The van der Waals surface area contributed by atoms with Gasteiger partial charge >= 0.3 is 0 Å². The van der Waals surface area contributed by atoms with E-state index < -0.39 is 0 Å². The van der Waals surface area contributed by atoms with Crippen molar-refractivity contribution in [1.82, 2.24) is 10.6 Å². The van der Waals surface area contributed by atoms with Crippen LogP contribution in [0.1, 0.15) is 31.1 Å². The van der Waals surface area contributed by atoms with E-state index in [9.17, 15) is 4.79 Å². The third-order valence-corrected chi connectivity index (χ3v) is 3.83. The van der Waals surface area contributed by atoms with Gasteiger partial charge in [0.05, 0.1) is 12.6 Å². The topological polar surface area (TPSA) is 41.1 Å². The first kappa shape index (κ1) is 11.6. The van der Waals surface area contributed by atoms with Gasteiger partial charge in [-0.15, -0.1) is 11.3 Å². The average Bonchev–Trinajstić information content (AvgIpc) is 2.78. The minimum Gasteiger partial charge on any atom is -0.350 e. The fourth-order valence-electron chi connectivity index (χ4n) is 2.06. The molecule has 1 aromatic heterocycles. The molecule has 1 saturated heterocycles. The van der Waals surface area contributed by atoms with Crippen molar-refractivity contribution in [2.24, 2.45) is 0 Å². The van der Waals surface area contributed by atoms with Gasteiger partial charge in [-0.25, -0.2) is 0 Å². The summed E-state index contributed by atoms with van der Waals surface area (Å²) < 4.78 is 0. The van der Waals surface area contributed by atoms with E-state index in [1.165, 1.54) is 11.3 Å². The highest BCUT2D eigenvalue weighted by Crippen LogP contribution is 2.13. The lowest BCUT2D eigenvalue weighted by molar-refractivity contribution is -0.124. The Labute approximate surface area is 100 Å². The molecule has 0 radical (unpaired) electrons. The van der Waals surface area contributed by atoms with E-state index in [0.717, 1.165) is 12.8 Å². The van der Waals surface area contributed by atoms with Gasteiger partial charge in [-0.2, -0.15) is 0 Å². The molecule has 2 rings (SSSR count).